The Bertz CT molecular complexity index is 471. The van der Waals surface area contributed by atoms with Crippen molar-refractivity contribution in [2.45, 2.75) is 19.8 Å². The normalized spacial score (nSPS) is 18.0. The van der Waals surface area contributed by atoms with Crippen LogP contribution < -0.4 is 10.7 Å². The minimum absolute atomic E-state index is 0.0954. The fourth-order valence-corrected chi connectivity index (χ4v) is 1.75. The van der Waals surface area contributed by atoms with Gasteiger partial charge < -0.3 is 5.32 Å². The lowest BCUT2D eigenvalue weighted by molar-refractivity contribution is -0.115. The Hall–Kier alpha value is -1.55. The third-order valence-corrected chi connectivity index (χ3v) is 3.04. The molecular formula is C12H14ClN3O. The molecule has 17 heavy (non-hydrogen) atoms. The summed E-state index contributed by atoms with van der Waals surface area (Å²) in [6, 6.07) is 5.58. The molecule has 2 rings (SSSR count). The SMILES string of the molecule is Cc1ccc(N/N=C2\CCCNC2=O)cc1Cl. The molecule has 0 aliphatic carbocycles. The highest BCUT2D eigenvalue weighted by Gasteiger charge is 2.15. The predicted molar refractivity (Wildman–Crippen MR) is 69.5 cm³/mol. The maximum absolute atomic E-state index is 11.4. The van der Waals surface area contributed by atoms with Crippen molar-refractivity contribution < 1.29 is 4.79 Å². The van der Waals surface area contributed by atoms with Crippen molar-refractivity contribution >= 4 is 28.9 Å². The standard InChI is InChI=1S/C12H14ClN3O/c1-8-4-5-9(7-10(8)13)15-16-11-3-2-6-14-12(11)17/h4-5,7,15H,2-3,6H2,1H3,(H,14,17)/b16-11+. The highest BCUT2D eigenvalue weighted by molar-refractivity contribution is 6.39. The van der Waals surface area contributed by atoms with Crippen molar-refractivity contribution in [1.82, 2.24) is 5.32 Å². The fraction of sp³-hybridized carbons (Fsp3) is 0.333. The van der Waals surface area contributed by atoms with Crippen LogP contribution in [0, 0.1) is 6.92 Å². The van der Waals surface area contributed by atoms with Gasteiger partial charge in [0.2, 0.25) is 0 Å². The molecule has 0 spiro atoms. The molecule has 0 unspecified atom stereocenters. The van der Waals surface area contributed by atoms with Crippen LogP contribution in [0.4, 0.5) is 5.69 Å². The van der Waals surface area contributed by atoms with Crippen LogP contribution in [0.1, 0.15) is 18.4 Å². The Labute approximate surface area is 105 Å². The van der Waals surface area contributed by atoms with Crippen LogP contribution in [-0.4, -0.2) is 18.2 Å². The van der Waals surface area contributed by atoms with Crippen LogP contribution in [-0.2, 0) is 4.79 Å². The third kappa shape index (κ3) is 2.97. The van der Waals surface area contributed by atoms with Gasteiger partial charge in [-0.15, -0.1) is 0 Å². The van der Waals surface area contributed by atoms with Gasteiger partial charge in [-0.25, -0.2) is 0 Å². The molecular weight excluding hydrogens is 238 g/mol. The highest BCUT2D eigenvalue weighted by atomic mass is 35.5. The first-order valence-electron chi connectivity index (χ1n) is 5.54. The summed E-state index contributed by atoms with van der Waals surface area (Å²) in [4.78, 5) is 11.4. The van der Waals surface area contributed by atoms with Gasteiger partial charge in [0.25, 0.3) is 5.91 Å². The van der Waals surface area contributed by atoms with Gasteiger partial charge >= 0.3 is 0 Å². The summed E-state index contributed by atoms with van der Waals surface area (Å²) in [5.41, 5.74) is 5.19. The fourth-order valence-electron chi connectivity index (χ4n) is 1.57. The van der Waals surface area contributed by atoms with E-state index in [1.165, 1.54) is 0 Å². The summed E-state index contributed by atoms with van der Waals surface area (Å²) in [6.45, 7) is 2.67. The summed E-state index contributed by atoms with van der Waals surface area (Å²) in [5, 5.41) is 7.54. The lowest BCUT2D eigenvalue weighted by Gasteiger charge is -2.13. The third-order valence-electron chi connectivity index (χ3n) is 2.63. The lowest BCUT2D eigenvalue weighted by Crippen LogP contribution is -2.37. The molecule has 2 N–H and O–H groups in total. The quantitative estimate of drug-likeness (QED) is 0.793. The van der Waals surface area contributed by atoms with E-state index in [4.69, 9.17) is 11.6 Å². The van der Waals surface area contributed by atoms with E-state index in [0.29, 0.717) is 17.2 Å². The van der Waals surface area contributed by atoms with Crippen molar-refractivity contribution in [3.63, 3.8) is 0 Å². The zero-order valence-corrected chi connectivity index (χ0v) is 10.3. The van der Waals surface area contributed by atoms with E-state index in [1.807, 2.05) is 19.1 Å². The summed E-state index contributed by atoms with van der Waals surface area (Å²) in [6.07, 6.45) is 1.64. The van der Waals surface area contributed by atoms with E-state index < -0.39 is 0 Å². The molecule has 1 fully saturated rings. The van der Waals surface area contributed by atoms with Crippen molar-refractivity contribution in [1.29, 1.82) is 0 Å². The molecule has 0 bridgehead atoms. The Morgan fingerprint density at radius 2 is 2.29 bits per heavy atom. The highest BCUT2D eigenvalue weighted by Crippen LogP contribution is 2.20. The molecule has 90 valence electrons. The minimum atomic E-state index is -0.0954. The number of nitrogens with one attached hydrogen (secondary N) is 2. The zero-order chi connectivity index (χ0) is 12.3. The molecule has 1 saturated heterocycles. The van der Waals surface area contributed by atoms with Gasteiger partial charge in [0.15, 0.2) is 0 Å². The topological polar surface area (TPSA) is 53.5 Å². The maximum Gasteiger partial charge on any atom is 0.267 e. The van der Waals surface area contributed by atoms with E-state index in [-0.39, 0.29) is 5.91 Å². The number of carbonyl (C=O) groups is 1. The van der Waals surface area contributed by atoms with Gasteiger partial charge in [-0.2, -0.15) is 5.10 Å². The molecule has 0 atom stereocenters. The molecule has 0 saturated carbocycles. The summed E-state index contributed by atoms with van der Waals surface area (Å²) in [5.74, 6) is -0.0954. The molecule has 0 radical (unpaired) electrons. The van der Waals surface area contributed by atoms with Crippen LogP contribution in [0.15, 0.2) is 23.3 Å². The van der Waals surface area contributed by atoms with Crippen LogP contribution >= 0.6 is 11.6 Å². The van der Waals surface area contributed by atoms with Crippen molar-refractivity contribution in [2.24, 2.45) is 5.10 Å². The van der Waals surface area contributed by atoms with Gasteiger partial charge in [0.1, 0.15) is 5.71 Å². The van der Waals surface area contributed by atoms with Crippen LogP contribution in [0.5, 0.6) is 0 Å². The number of piperidine rings is 1. The summed E-state index contributed by atoms with van der Waals surface area (Å²) < 4.78 is 0. The number of anilines is 1. The van der Waals surface area contributed by atoms with Gasteiger partial charge in [0.05, 0.1) is 5.69 Å². The molecule has 1 aliphatic rings. The number of rotatable bonds is 2. The molecule has 1 heterocycles. The van der Waals surface area contributed by atoms with Crippen LogP contribution in [0.3, 0.4) is 0 Å². The Balaban J connectivity index is 2.08. The number of halogens is 1. The molecule has 0 aromatic heterocycles. The number of benzene rings is 1. The van der Waals surface area contributed by atoms with Crippen molar-refractivity contribution in [3.8, 4) is 0 Å². The minimum Gasteiger partial charge on any atom is -0.351 e. The number of amides is 1. The van der Waals surface area contributed by atoms with Gasteiger partial charge in [-0.05, 0) is 37.5 Å². The predicted octanol–water partition coefficient (Wildman–Crippen LogP) is 2.33. The Morgan fingerprint density at radius 3 is 3.00 bits per heavy atom. The zero-order valence-electron chi connectivity index (χ0n) is 9.59. The number of carbonyl (C=O) groups excluding carboxylic acids is 1. The summed E-state index contributed by atoms with van der Waals surface area (Å²) >= 11 is 6.00. The average molecular weight is 252 g/mol. The lowest BCUT2D eigenvalue weighted by atomic mass is 10.1. The number of hydrazone groups is 1. The monoisotopic (exact) mass is 251 g/mol. The smallest absolute Gasteiger partial charge is 0.267 e. The Kier molecular flexibility index (Phi) is 3.64. The van der Waals surface area contributed by atoms with Gasteiger partial charge in [-0.1, -0.05) is 17.7 Å². The molecule has 1 aliphatic heterocycles. The second-order valence-electron chi connectivity index (χ2n) is 3.99. The second-order valence-corrected chi connectivity index (χ2v) is 4.40. The van der Waals surface area contributed by atoms with Crippen molar-refractivity contribution in [2.75, 3.05) is 12.0 Å². The summed E-state index contributed by atoms with van der Waals surface area (Å²) in [7, 11) is 0. The number of aryl methyl sites for hydroxylation is 1. The van der Waals surface area contributed by atoms with E-state index in [2.05, 4.69) is 15.8 Å². The average Bonchev–Trinajstić information content (AvgIpc) is 2.32. The number of nitrogens with zero attached hydrogens (tertiary/aromatic N) is 1. The largest absolute Gasteiger partial charge is 0.351 e. The molecule has 5 heteroatoms. The first kappa shape index (κ1) is 11.9. The molecule has 1 aromatic rings. The van der Waals surface area contributed by atoms with E-state index in [1.54, 1.807) is 6.07 Å². The molecule has 4 nitrogen and oxygen atoms in total. The maximum atomic E-state index is 11.4. The molecule has 1 aromatic carbocycles. The second kappa shape index (κ2) is 5.19. The van der Waals surface area contributed by atoms with E-state index in [0.717, 1.165) is 24.2 Å². The molecule has 1 amide bonds. The number of hydrogen-bond acceptors (Lipinski definition) is 3. The first-order chi connectivity index (χ1) is 8.16. The van der Waals surface area contributed by atoms with Crippen LogP contribution in [0.2, 0.25) is 5.02 Å². The van der Waals surface area contributed by atoms with Crippen molar-refractivity contribution in [3.05, 3.63) is 28.8 Å². The first-order valence-corrected chi connectivity index (χ1v) is 5.91. The van der Waals surface area contributed by atoms with E-state index in [9.17, 15) is 4.79 Å². The number of hydrogen-bond donors (Lipinski definition) is 2. The Morgan fingerprint density at radius 1 is 1.47 bits per heavy atom. The van der Waals surface area contributed by atoms with Gasteiger partial charge in [0, 0.05) is 11.6 Å². The van der Waals surface area contributed by atoms with Gasteiger partial charge in [-0.3, -0.25) is 10.2 Å². The van der Waals surface area contributed by atoms with Crippen LogP contribution in [0.25, 0.3) is 0 Å². The van der Waals surface area contributed by atoms with E-state index >= 15 is 0 Å².